The maximum Gasteiger partial charge on any atom is 0.263 e. The molecule has 2 rings (SSSR count). The van der Waals surface area contributed by atoms with Crippen LogP contribution < -0.4 is 4.74 Å². The van der Waals surface area contributed by atoms with Gasteiger partial charge in [0.25, 0.3) is 5.91 Å². The van der Waals surface area contributed by atoms with Crippen molar-refractivity contribution in [2.24, 2.45) is 0 Å². The molecule has 1 N–H and O–H groups in total. The smallest absolute Gasteiger partial charge is 0.263 e. The molecule has 21 heavy (non-hydrogen) atoms. The van der Waals surface area contributed by atoms with Crippen molar-refractivity contribution in [2.45, 2.75) is 32.1 Å². The Hall–Kier alpha value is -1.30. The molecule has 3 atom stereocenters. The first-order valence-corrected chi connectivity index (χ1v) is 7.34. The summed E-state index contributed by atoms with van der Waals surface area (Å²) in [5.41, 5.74) is 0. The number of amides is 1. The highest BCUT2D eigenvalue weighted by Gasteiger charge is 2.32. The minimum atomic E-state index is -0.605. The zero-order valence-corrected chi connectivity index (χ0v) is 12.9. The van der Waals surface area contributed by atoms with Crippen LogP contribution in [0, 0.1) is 0 Å². The van der Waals surface area contributed by atoms with Crippen LogP contribution in [0.25, 0.3) is 0 Å². The Labute approximate surface area is 129 Å². The zero-order chi connectivity index (χ0) is 15.4. The van der Waals surface area contributed by atoms with E-state index in [1.807, 2.05) is 6.92 Å². The molecule has 6 heteroatoms. The van der Waals surface area contributed by atoms with Crippen LogP contribution in [0.5, 0.6) is 5.75 Å². The van der Waals surface area contributed by atoms with E-state index in [1.165, 1.54) is 0 Å². The van der Waals surface area contributed by atoms with Gasteiger partial charge in [-0.05, 0) is 38.1 Å². The third-order valence-corrected chi connectivity index (χ3v) is 3.72. The minimum Gasteiger partial charge on any atom is -0.481 e. The molecule has 0 bridgehead atoms. The van der Waals surface area contributed by atoms with Crippen molar-refractivity contribution in [3.05, 3.63) is 29.3 Å². The first kappa shape index (κ1) is 16.1. The molecule has 1 heterocycles. The van der Waals surface area contributed by atoms with Crippen molar-refractivity contribution in [2.75, 3.05) is 19.8 Å². The summed E-state index contributed by atoms with van der Waals surface area (Å²) in [6, 6.07) is 6.86. The monoisotopic (exact) mass is 313 g/mol. The lowest BCUT2D eigenvalue weighted by molar-refractivity contribution is -0.152. The van der Waals surface area contributed by atoms with Gasteiger partial charge in [-0.2, -0.15) is 0 Å². The van der Waals surface area contributed by atoms with Gasteiger partial charge in [-0.25, -0.2) is 0 Å². The van der Waals surface area contributed by atoms with Crippen molar-refractivity contribution in [3.63, 3.8) is 0 Å². The second-order valence-corrected chi connectivity index (χ2v) is 5.63. The summed E-state index contributed by atoms with van der Waals surface area (Å²) in [5.74, 6) is 0.485. The number of aliphatic hydroxyl groups excluding tert-OH is 1. The van der Waals surface area contributed by atoms with Crippen LogP contribution in [0.4, 0.5) is 0 Å². The van der Waals surface area contributed by atoms with Gasteiger partial charge in [0.1, 0.15) is 5.75 Å². The summed E-state index contributed by atoms with van der Waals surface area (Å²) in [6.07, 6.45) is -0.932. The lowest BCUT2D eigenvalue weighted by Gasteiger charge is -2.38. The fourth-order valence-corrected chi connectivity index (χ4v) is 2.36. The van der Waals surface area contributed by atoms with E-state index in [1.54, 1.807) is 36.1 Å². The highest BCUT2D eigenvalue weighted by molar-refractivity contribution is 6.30. The summed E-state index contributed by atoms with van der Waals surface area (Å²) in [7, 11) is 0. The molecule has 1 aliphatic rings. The van der Waals surface area contributed by atoms with Crippen molar-refractivity contribution >= 4 is 17.5 Å². The second kappa shape index (κ2) is 7.11. The Bertz CT molecular complexity index is 479. The van der Waals surface area contributed by atoms with Gasteiger partial charge < -0.3 is 19.5 Å². The summed E-state index contributed by atoms with van der Waals surface area (Å²) in [4.78, 5) is 14.2. The van der Waals surface area contributed by atoms with Crippen molar-refractivity contribution < 1.29 is 19.4 Å². The number of hydrogen-bond acceptors (Lipinski definition) is 4. The predicted molar refractivity (Wildman–Crippen MR) is 79.5 cm³/mol. The number of nitrogens with zero attached hydrogens (tertiary/aromatic N) is 1. The molecule has 0 aliphatic carbocycles. The Kier molecular flexibility index (Phi) is 5.45. The SMILES string of the molecule is CC(Oc1ccc(Cl)cc1)C(=O)N1CC(CO)OCC1C. The molecule has 5 nitrogen and oxygen atoms in total. The number of ether oxygens (including phenoxy) is 2. The summed E-state index contributed by atoms with van der Waals surface area (Å²) >= 11 is 5.82. The van der Waals surface area contributed by atoms with Crippen LogP contribution in [0.3, 0.4) is 0 Å². The largest absolute Gasteiger partial charge is 0.481 e. The normalized spacial score (nSPS) is 23.7. The molecule has 1 saturated heterocycles. The van der Waals surface area contributed by atoms with E-state index in [9.17, 15) is 4.79 Å². The molecular formula is C15H20ClNO4. The Balaban J connectivity index is 1.99. The number of benzene rings is 1. The lowest BCUT2D eigenvalue weighted by Crippen LogP contribution is -2.55. The van der Waals surface area contributed by atoms with Crippen LogP contribution in [0.1, 0.15) is 13.8 Å². The lowest BCUT2D eigenvalue weighted by atomic mass is 10.1. The molecule has 0 spiro atoms. The van der Waals surface area contributed by atoms with Gasteiger partial charge in [0.15, 0.2) is 6.10 Å². The maximum absolute atomic E-state index is 12.5. The van der Waals surface area contributed by atoms with E-state index in [0.717, 1.165) is 0 Å². The molecule has 0 aromatic heterocycles. The summed E-state index contributed by atoms with van der Waals surface area (Å²) in [6.45, 7) is 4.34. The van der Waals surface area contributed by atoms with E-state index < -0.39 is 6.10 Å². The fourth-order valence-electron chi connectivity index (χ4n) is 2.24. The molecule has 1 fully saturated rings. The molecular weight excluding hydrogens is 294 g/mol. The molecule has 1 aliphatic heterocycles. The first-order chi connectivity index (χ1) is 10.0. The quantitative estimate of drug-likeness (QED) is 0.919. The number of aliphatic hydroxyl groups is 1. The second-order valence-electron chi connectivity index (χ2n) is 5.19. The van der Waals surface area contributed by atoms with E-state index in [0.29, 0.717) is 23.9 Å². The molecule has 0 saturated carbocycles. The number of hydrogen-bond donors (Lipinski definition) is 1. The Morgan fingerprint density at radius 1 is 1.52 bits per heavy atom. The van der Waals surface area contributed by atoms with Gasteiger partial charge in [0.05, 0.1) is 25.4 Å². The van der Waals surface area contributed by atoms with Crippen molar-refractivity contribution in [1.29, 1.82) is 0 Å². The zero-order valence-electron chi connectivity index (χ0n) is 12.2. The molecule has 1 aromatic carbocycles. The van der Waals surface area contributed by atoms with Gasteiger partial charge in [-0.3, -0.25) is 4.79 Å². The van der Waals surface area contributed by atoms with Crippen LogP contribution in [-0.2, 0) is 9.53 Å². The Morgan fingerprint density at radius 2 is 2.19 bits per heavy atom. The topological polar surface area (TPSA) is 59.0 Å². The molecule has 116 valence electrons. The van der Waals surface area contributed by atoms with Crippen molar-refractivity contribution in [1.82, 2.24) is 4.90 Å². The van der Waals surface area contributed by atoms with E-state index in [-0.39, 0.29) is 24.7 Å². The first-order valence-electron chi connectivity index (χ1n) is 6.96. The summed E-state index contributed by atoms with van der Waals surface area (Å²) in [5, 5.41) is 9.79. The van der Waals surface area contributed by atoms with Crippen molar-refractivity contribution in [3.8, 4) is 5.75 Å². The van der Waals surface area contributed by atoms with Gasteiger partial charge in [0, 0.05) is 11.6 Å². The minimum absolute atomic E-state index is 0.0310. The number of morpholine rings is 1. The van der Waals surface area contributed by atoms with E-state index >= 15 is 0 Å². The summed E-state index contributed by atoms with van der Waals surface area (Å²) < 4.78 is 11.1. The number of carbonyl (C=O) groups excluding carboxylic acids is 1. The standard InChI is InChI=1S/C15H20ClNO4/c1-10-9-20-14(8-18)7-17(10)15(19)11(2)21-13-5-3-12(16)4-6-13/h3-6,10-11,14,18H,7-9H2,1-2H3. The maximum atomic E-state index is 12.5. The third-order valence-electron chi connectivity index (χ3n) is 3.47. The van der Waals surface area contributed by atoms with Crippen LogP contribution in [-0.4, -0.2) is 53.9 Å². The third kappa shape index (κ3) is 4.09. The van der Waals surface area contributed by atoms with Gasteiger partial charge in [-0.15, -0.1) is 0 Å². The van der Waals surface area contributed by atoms with Crippen LogP contribution in [0.2, 0.25) is 5.02 Å². The highest BCUT2D eigenvalue weighted by Crippen LogP contribution is 2.19. The predicted octanol–water partition coefficient (Wildman–Crippen LogP) is 1.72. The molecule has 1 aromatic rings. The fraction of sp³-hybridized carbons (Fsp3) is 0.533. The molecule has 3 unspecified atom stereocenters. The number of rotatable bonds is 4. The van der Waals surface area contributed by atoms with E-state index in [2.05, 4.69) is 0 Å². The van der Waals surface area contributed by atoms with Gasteiger partial charge >= 0.3 is 0 Å². The number of halogens is 1. The average Bonchev–Trinajstić information content (AvgIpc) is 2.49. The van der Waals surface area contributed by atoms with Gasteiger partial charge in [-0.1, -0.05) is 11.6 Å². The van der Waals surface area contributed by atoms with E-state index in [4.69, 9.17) is 26.2 Å². The molecule has 1 amide bonds. The number of carbonyl (C=O) groups is 1. The van der Waals surface area contributed by atoms with Crippen LogP contribution in [0.15, 0.2) is 24.3 Å². The van der Waals surface area contributed by atoms with Crippen LogP contribution >= 0.6 is 11.6 Å². The molecule has 0 radical (unpaired) electrons. The Morgan fingerprint density at radius 3 is 2.81 bits per heavy atom. The van der Waals surface area contributed by atoms with Gasteiger partial charge in [0.2, 0.25) is 0 Å². The highest BCUT2D eigenvalue weighted by atomic mass is 35.5. The average molecular weight is 314 g/mol.